The van der Waals surface area contributed by atoms with E-state index in [9.17, 15) is 8.42 Å². The van der Waals surface area contributed by atoms with Gasteiger partial charge in [-0.15, -0.1) is 0 Å². The van der Waals surface area contributed by atoms with Crippen molar-refractivity contribution >= 4 is 50.2 Å². The van der Waals surface area contributed by atoms with Gasteiger partial charge in [0, 0.05) is 5.57 Å². The van der Waals surface area contributed by atoms with Crippen molar-refractivity contribution in [2.45, 2.75) is 0 Å². The van der Waals surface area contributed by atoms with Crippen LogP contribution < -0.4 is 4.18 Å². The van der Waals surface area contributed by atoms with E-state index in [0.717, 1.165) is 11.1 Å². The van der Waals surface area contributed by atoms with Crippen LogP contribution in [0.5, 0.6) is 5.75 Å². The monoisotopic (exact) mass is 436 g/mol. The molecule has 0 aliphatic rings. The molecule has 5 heteroatoms. The summed E-state index contributed by atoms with van der Waals surface area (Å²) in [5.74, 6) is 0.270. The molecule has 0 aromatic heterocycles. The van der Waals surface area contributed by atoms with Gasteiger partial charge in [-0.25, -0.2) is 0 Å². The van der Waals surface area contributed by atoms with E-state index >= 15 is 0 Å². The minimum atomic E-state index is -4.14. The van der Waals surface area contributed by atoms with Crippen molar-refractivity contribution in [1.29, 1.82) is 0 Å². The van der Waals surface area contributed by atoms with Crippen LogP contribution in [-0.4, -0.2) is 38.0 Å². The first-order chi connectivity index (χ1) is 14.6. The standard InChI is InChI=1S/C26H20O3S.Na.H/c27-30(28,29-24-19-11-4-12-20-24)26(23-17-9-3-10-18-23)25(21-13-5-1-6-14-21)22-15-7-2-8-16-22;;/h1-20H;;. The molecule has 4 rings (SSSR count). The van der Waals surface area contributed by atoms with Gasteiger partial charge in [-0.3, -0.25) is 0 Å². The summed E-state index contributed by atoms with van der Waals surface area (Å²) < 4.78 is 32.8. The first-order valence-electron chi connectivity index (χ1n) is 9.55. The average Bonchev–Trinajstić information content (AvgIpc) is 2.79. The maximum atomic E-state index is 13.6. The van der Waals surface area contributed by atoms with Crippen LogP contribution >= 0.6 is 0 Å². The molecule has 3 nitrogen and oxygen atoms in total. The Morgan fingerprint density at radius 3 is 1.29 bits per heavy atom. The Labute approximate surface area is 205 Å². The second-order valence-electron chi connectivity index (χ2n) is 6.65. The fourth-order valence-corrected chi connectivity index (χ4v) is 4.64. The molecule has 0 spiro atoms. The van der Waals surface area contributed by atoms with Gasteiger partial charge in [0.1, 0.15) is 10.7 Å². The number of rotatable bonds is 6. The second-order valence-corrected chi connectivity index (χ2v) is 8.14. The average molecular weight is 437 g/mol. The fourth-order valence-electron chi connectivity index (χ4n) is 3.29. The number of hydrogen-bond donors (Lipinski definition) is 0. The predicted molar refractivity (Wildman–Crippen MR) is 128 cm³/mol. The molecule has 0 bridgehead atoms. The van der Waals surface area contributed by atoms with Crippen LogP contribution in [0.4, 0.5) is 0 Å². The Kier molecular flexibility index (Phi) is 7.88. The molecule has 31 heavy (non-hydrogen) atoms. The third-order valence-corrected chi connectivity index (χ3v) is 5.94. The van der Waals surface area contributed by atoms with Crippen molar-refractivity contribution < 1.29 is 12.6 Å². The third-order valence-electron chi connectivity index (χ3n) is 4.59. The van der Waals surface area contributed by atoms with Crippen molar-refractivity contribution in [3.8, 4) is 5.75 Å². The zero-order chi connectivity index (χ0) is 20.8. The van der Waals surface area contributed by atoms with E-state index in [4.69, 9.17) is 4.18 Å². The van der Waals surface area contributed by atoms with Gasteiger partial charge >= 0.3 is 39.7 Å². The van der Waals surface area contributed by atoms with Crippen molar-refractivity contribution in [1.82, 2.24) is 0 Å². The summed E-state index contributed by atoms with van der Waals surface area (Å²) in [7, 11) is -4.14. The quantitative estimate of drug-likeness (QED) is 0.232. The Morgan fingerprint density at radius 1 is 0.516 bits per heavy atom. The van der Waals surface area contributed by atoms with Gasteiger partial charge in [0.05, 0.1) is 0 Å². The molecule has 0 saturated carbocycles. The molecule has 0 aliphatic heterocycles. The molecule has 0 amide bonds. The topological polar surface area (TPSA) is 43.4 Å². The summed E-state index contributed by atoms with van der Waals surface area (Å²) >= 11 is 0. The van der Waals surface area contributed by atoms with E-state index in [1.54, 1.807) is 36.4 Å². The summed E-state index contributed by atoms with van der Waals surface area (Å²) in [5.41, 5.74) is 2.75. The van der Waals surface area contributed by atoms with Crippen LogP contribution in [-0.2, 0) is 10.1 Å². The zero-order valence-electron chi connectivity index (χ0n) is 16.2. The number of para-hydroxylation sites is 1. The van der Waals surface area contributed by atoms with Gasteiger partial charge in [-0.05, 0) is 28.8 Å². The molecule has 4 aromatic rings. The van der Waals surface area contributed by atoms with Crippen LogP contribution in [0.1, 0.15) is 16.7 Å². The van der Waals surface area contributed by atoms with Gasteiger partial charge in [0.2, 0.25) is 0 Å². The summed E-state index contributed by atoms with van der Waals surface area (Å²) in [5, 5.41) is 0. The predicted octanol–water partition coefficient (Wildman–Crippen LogP) is 5.36. The third kappa shape index (κ3) is 5.54. The van der Waals surface area contributed by atoms with Crippen molar-refractivity contribution in [2.75, 3.05) is 0 Å². The molecule has 0 heterocycles. The molecule has 0 aliphatic carbocycles. The molecule has 150 valence electrons. The fraction of sp³-hybridized carbons (Fsp3) is 0. The van der Waals surface area contributed by atoms with Crippen molar-refractivity contribution in [3.63, 3.8) is 0 Å². The molecule has 0 radical (unpaired) electrons. The summed E-state index contributed by atoms with van der Waals surface area (Å²) in [6.07, 6.45) is 0. The maximum absolute atomic E-state index is 13.6. The first-order valence-corrected chi connectivity index (χ1v) is 11.0. The SMILES string of the molecule is O=S(=O)(Oc1ccccc1)C(=C(c1ccccc1)c1ccccc1)c1ccccc1.[NaH]. The Hall–Kier alpha value is -2.63. The van der Waals surface area contributed by atoms with Crippen LogP contribution in [0.25, 0.3) is 10.5 Å². The molecule has 4 aromatic carbocycles. The molecular formula is C26H21NaO3S. The summed E-state index contributed by atoms with van der Waals surface area (Å²) in [6, 6.07) is 36.6. The number of hydrogen-bond acceptors (Lipinski definition) is 3. The molecule has 0 unspecified atom stereocenters. The summed E-state index contributed by atoms with van der Waals surface area (Å²) in [4.78, 5) is 0.129. The van der Waals surface area contributed by atoms with Gasteiger partial charge in [-0.1, -0.05) is 109 Å². The molecule has 0 saturated heterocycles. The molecular weight excluding hydrogens is 415 g/mol. The van der Waals surface area contributed by atoms with Crippen LogP contribution in [0.2, 0.25) is 0 Å². The van der Waals surface area contributed by atoms with E-state index in [1.165, 1.54) is 0 Å². The van der Waals surface area contributed by atoms with E-state index in [0.29, 0.717) is 11.1 Å². The van der Waals surface area contributed by atoms with E-state index in [2.05, 4.69) is 0 Å². The van der Waals surface area contributed by atoms with E-state index in [1.807, 2.05) is 84.9 Å². The first kappa shape index (κ1) is 23.0. The van der Waals surface area contributed by atoms with E-state index in [-0.39, 0.29) is 40.2 Å². The van der Waals surface area contributed by atoms with Gasteiger partial charge in [0.15, 0.2) is 0 Å². The normalized spacial score (nSPS) is 10.6. The Balaban J connectivity index is 0.00000272. The van der Waals surface area contributed by atoms with Gasteiger partial charge in [0.25, 0.3) is 0 Å². The van der Waals surface area contributed by atoms with Crippen LogP contribution in [0.3, 0.4) is 0 Å². The Morgan fingerprint density at radius 2 is 0.871 bits per heavy atom. The minimum absolute atomic E-state index is 0. The number of benzene rings is 4. The zero-order valence-corrected chi connectivity index (χ0v) is 17.0. The Bertz CT molecular complexity index is 1200. The van der Waals surface area contributed by atoms with Gasteiger partial charge < -0.3 is 4.18 Å². The van der Waals surface area contributed by atoms with E-state index < -0.39 is 10.1 Å². The van der Waals surface area contributed by atoms with Crippen LogP contribution in [0.15, 0.2) is 121 Å². The van der Waals surface area contributed by atoms with Crippen molar-refractivity contribution in [2.24, 2.45) is 0 Å². The molecule has 0 N–H and O–H groups in total. The second kappa shape index (κ2) is 10.6. The molecule has 0 fully saturated rings. The molecule has 0 atom stereocenters. The van der Waals surface area contributed by atoms with Crippen molar-refractivity contribution in [3.05, 3.63) is 138 Å². The summed E-state index contributed by atoms with van der Waals surface area (Å²) in [6.45, 7) is 0. The van der Waals surface area contributed by atoms with Crippen LogP contribution in [0, 0.1) is 0 Å². The van der Waals surface area contributed by atoms with Gasteiger partial charge in [-0.2, -0.15) is 8.42 Å².